The molecule has 3 N–H and O–H groups in total. The Bertz CT molecular complexity index is 617. The molecule has 0 bridgehead atoms. The average Bonchev–Trinajstić information content (AvgIpc) is 2.40. The van der Waals surface area contributed by atoms with Crippen LogP contribution < -0.4 is 11.1 Å². The zero-order valence-electron chi connectivity index (χ0n) is 12.4. The summed E-state index contributed by atoms with van der Waals surface area (Å²) in [6.45, 7) is 5.05. The maximum absolute atomic E-state index is 12.9. The van der Waals surface area contributed by atoms with E-state index in [1.54, 1.807) is 0 Å². The van der Waals surface area contributed by atoms with Gasteiger partial charge in [0.05, 0.1) is 17.1 Å². The summed E-state index contributed by atoms with van der Waals surface area (Å²) in [4.78, 5) is 12.0. The maximum Gasteiger partial charge on any atom is 0.242 e. The van der Waals surface area contributed by atoms with Gasteiger partial charge in [-0.2, -0.15) is 0 Å². The number of amides is 1. The highest BCUT2D eigenvalue weighted by Crippen LogP contribution is 2.20. The van der Waals surface area contributed by atoms with Gasteiger partial charge in [-0.1, -0.05) is 20.3 Å². The summed E-state index contributed by atoms with van der Waals surface area (Å²) in [7, 11) is -3.54. The van der Waals surface area contributed by atoms with Crippen molar-refractivity contribution in [2.75, 3.05) is 16.8 Å². The number of sulfone groups is 1. The molecule has 0 aliphatic carbocycles. The van der Waals surface area contributed by atoms with Crippen LogP contribution in [0.5, 0.6) is 0 Å². The van der Waals surface area contributed by atoms with Gasteiger partial charge >= 0.3 is 0 Å². The Labute approximate surface area is 124 Å². The van der Waals surface area contributed by atoms with E-state index in [9.17, 15) is 17.6 Å². The van der Waals surface area contributed by atoms with E-state index in [0.717, 1.165) is 18.6 Å². The Morgan fingerprint density at radius 1 is 1.38 bits per heavy atom. The molecule has 0 aromatic heterocycles. The first-order valence-corrected chi connectivity index (χ1v) is 8.46. The van der Waals surface area contributed by atoms with Crippen LogP contribution >= 0.6 is 0 Å². The Hall–Kier alpha value is -1.63. The molecule has 7 heteroatoms. The Kier molecular flexibility index (Phi) is 5.71. The van der Waals surface area contributed by atoms with Crippen LogP contribution in [0.15, 0.2) is 18.2 Å². The minimum Gasteiger partial charge on any atom is -0.397 e. The molecule has 1 aromatic carbocycles. The zero-order chi connectivity index (χ0) is 16.2. The summed E-state index contributed by atoms with van der Waals surface area (Å²) in [5, 5.41) is 1.24. The van der Waals surface area contributed by atoms with Crippen molar-refractivity contribution in [3.63, 3.8) is 0 Å². The molecule has 5 nitrogen and oxygen atoms in total. The number of carbonyl (C=O) groups excluding carboxylic acids is 1. The van der Waals surface area contributed by atoms with Crippen molar-refractivity contribution < 1.29 is 17.6 Å². The molecular weight excluding hydrogens is 295 g/mol. The molecule has 21 heavy (non-hydrogen) atoms. The second-order valence-electron chi connectivity index (χ2n) is 5.21. The number of carbonyl (C=O) groups is 1. The number of nitrogens with one attached hydrogen (secondary N) is 1. The molecule has 2 unspecified atom stereocenters. The fraction of sp³-hybridized carbons (Fsp3) is 0.500. The second kappa shape index (κ2) is 6.89. The van der Waals surface area contributed by atoms with Gasteiger partial charge in [0.15, 0.2) is 9.84 Å². The van der Waals surface area contributed by atoms with Crippen molar-refractivity contribution in [3.8, 4) is 0 Å². The lowest BCUT2D eigenvalue weighted by molar-refractivity contribution is -0.115. The third-order valence-corrected chi connectivity index (χ3v) is 5.72. The van der Waals surface area contributed by atoms with Crippen LogP contribution in [-0.4, -0.2) is 25.3 Å². The highest BCUT2D eigenvalue weighted by atomic mass is 32.2. The van der Waals surface area contributed by atoms with Gasteiger partial charge in [-0.25, -0.2) is 12.8 Å². The fourth-order valence-corrected chi connectivity index (χ4v) is 3.41. The number of rotatable bonds is 6. The van der Waals surface area contributed by atoms with E-state index >= 15 is 0 Å². The number of hydrogen-bond donors (Lipinski definition) is 2. The summed E-state index contributed by atoms with van der Waals surface area (Å²) in [6.07, 6.45) is 0.721. The molecule has 0 saturated heterocycles. The average molecular weight is 316 g/mol. The van der Waals surface area contributed by atoms with Crippen LogP contribution in [0, 0.1) is 11.7 Å². The predicted molar refractivity (Wildman–Crippen MR) is 82.1 cm³/mol. The monoisotopic (exact) mass is 316 g/mol. The molecule has 0 spiro atoms. The van der Waals surface area contributed by atoms with E-state index in [4.69, 9.17) is 5.73 Å². The Morgan fingerprint density at radius 2 is 2.00 bits per heavy atom. The van der Waals surface area contributed by atoms with Gasteiger partial charge in [-0.3, -0.25) is 4.79 Å². The largest absolute Gasteiger partial charge is 0.397 e. The van der Waals surface area contributed by atoms with E-state index in [-0.39, 0.29) is 23.0 Å². The smallest absolute Gasteiger partial charge is 0.242 e. The molecule has 0 aliphatic heterocycles. The zero-order valence-corrected chi connectivity index (χ0v) is 13.2. The highest BCUT2D eigenvalue weighted by Gasteiger charge is 2.29. The lowest BCUT2D eigenvalue weighted by Crippen LogP contribution is -2.35. The molecule has 1 aromatic rings. The third-order valence-electron chi connectivity index (χ3n) is 3.39. The number of halogens is 1. The van der Waals surface area contributed by atoms with E-state index in [1.165, 1.54) is 13.0 Å². The van der Waals surface area contributed by atoms with Crippen LogP contribution in [0.4, 0.5) is 15.8 Å². The quantitative estimate of drug-likeness (QED) is 0.787. The first-order chi connectivity index (χ1) is 9.67. The van der Waals surface area contributed by atoms with Gasteiger partial charge < -0.3 is 11.1 Å². The second-order valence-corrected chi connectivity index (χ2v) is 7.57. The first kappa shape index (κ1) is 17.4. The predicted octanol–water partition coefficient (Wildman–Crippen LogP) is 2.20. The molecule has 0 radical (unpaired) electrons. The van der Waals surface area contributed by atoms with Crippen molar-refractivity contribution in [2.45, 2.75) is 32.4 Å². The van der Waals surface area contributed by atoms with Gasteiger partial charge in [0.25, 0.3) is 0 Å². The molecule has 0 aliphatic rings. The van der Waals surface area contributed by atoms with Crippen LogP contribution in [0.1, 0.15) is 27.2 Å². The fourth-order valence-electron chi connectivity index (χ4n) is 1.70. The van der Waals surface area contributed by atoms with Gasteiger partial charge in [-0.15, -0.1) is 0 Å². The van der Waals surface area contributed by atoms with Gasteiger partial charge in [-0.05, 0) is 31.0 Å². The lowest BCUT2D eigenvalue weighted by atomic mass is 10.2. The molecular formula is C14H21FN2O3S. The minimum absolute atomic E-state index is 0.0128. The molecule has 0 fully saturated rings. The summed E-state index contributed by atoms with van der Waals surface area (Å²) >= 11 is 0. The summed E-state index contributed by atoms with van der Waals surface area (Å²) in [5.74, 6) is -1.25. The molecule has 0 saturated carbocycles. The Balaban J connectivity index is 2.83. The minimum atomic E-state index is -3.54. The molecule has 118 valence electrons. The number of nitrogens with two attached hydrogens (primary N) is 1. The standard InChI is InChI=1S/C14H21FN2O3S/c1-4-9(2)8-21(19,20)10(3)14(18)17-13-6-5-11(15)7-12(13)16/h5-7,9-10H,4,8,16H2,1-3H3,(H,17,18). The Morgan fingerprint density at radius 3 is 2.52 bits per heavy atom. The van der Waals surface area contributed by atoms with Crippen molar-refractivity contribution in [2.24, 2.45) is 5.92 Å². The number of anilines is 2. The topological polar surface area (TPSA) is 89.3 Å². The van der Waals surface area contributed by atoms with Crippen LogP contribution in [0.25, 0.3) is 0 Å². The van der Waals surface area contributed by atoms with E-state index in [2.05, 4.69) is 5.32 Å². The molecule has 0 heterocycles. The molecule has 2 atom stereocenters. The first-order valence-electron chi connectivity index (χ1n) is 6.74. The lowest BCUT2D eigenvalue weighted by Gasteiger charge is -2.16. The van der Waals surface area contributed by atoms with Crippen molar-refractivity contribution in [1.82, 2.24) is 0 Å². The SMILES string of the molecule is CCC(C)CS(=O)(=O)C(C)C(=O)Nc1ccc(F)cc1N. The van der Waals surface area contributed by atoms with Gasteiger partial charge in [0, 0.05) is 0 Å². The molecule has 1 rings (SSSR count). The van der Waals surface area contributed by atoms with E-state index in [1.807, 2.05) is 13.8 Å². The van der Waals surface area contributed by atoms with Gasteiger partial charge in [0.2, 0.25) is 5.91 Å². The highest BCUT2D eigenvalue weighted by molar-refractivity contribution is 7.92. The third kappa shape index (κ3) is 4.70. The van der Waals surface area contributed by atoms with E-state index < -0.39 is 26.8 Å². The maximum atomic E-state index is 12.9. The normalized spacial score (nSPS) is 14.5. The van der Waals surface area contributed by atoms with Crippen molar-refractivity contribution in [1.29, 1.82) is 0 Å². The van der Waals surface area contributed by atoms with Crippen LogP contribution in [0.2, 0.25) is 0 Å². The number of hydrogen-bond acceptors (Lipinski definition) is 4. The van der Waals surface area contributed by atoms with Crippen molar-refractivity contribution in [3.05, 3.63) is 24.0 Å². The summed E-state index contributed by atoms with van der Waals surface area (Å²) < 4.78 is 37.2. The summed E-state index contributed by atoms with van der Waals surface area (Å²) in [6, 6.07) is 3.51. The van der Waals surface area contributed by atoms with Crippen molar-refractivity contribution >= 4 is 27.1 Å². The molecule has 1 amide bonds. The summed E-state index contributed by atoms with van der Waals surface area (Å²) in [5.41, 5.74) is 5.83. The van der Waals surface area contributed by atoms with Gasteiger partial charge in [0.1, 0.15) is 11.1 Å². The van der Waals surface area contributed by atoms with E-state index in [0.29, 0.717) is 0 Å². The number of nitrogen functional groups attached to an aromatic ring is 1. The number of benzene rings is 1. The van der Waals surface area contributed by atoms with Crippen LogP contribution in [-0.2, 0) is 14.6 Å². The van der Waals surface area contributed by atoms with Crippen LogP contribution in [0.3, 0.4) is 0 Å².